The summed E-state index contributed by atoms with van der Waals surface area (Å²) in [6.45, 7) is 6.60. The molecule has 4 aromatic rings. The van der Waals surface area contributed by atoms with E-state index in [2.05, 4.69) is 36.8 Å². The van der Waals surface area contributed by atoms with Crippen LogP contribution in [0, 0.1) is 29.5 Å². The summed E-state index contributed by atoms with van der Waals surface area (Å²) in [6, 6.07) is 26.0. The third-order valence-electron chi connectivity index (χ3n) is 6.58. The molecule has 0 bridgehead atoms. The molecule has 0 saturated carbocycles. The Morgan fingerprint density at radius 1 is 0.776 bits per heavy atom. The molecule has 0 fully saturated rings. The van der Waals surface area contributed by atoms with E-state index in [9.17, 15) is 18.8 Å². The van der Waals surface area contributed by atoms with Gasteiger partial charge < -0.3 is 19.3 Å². The van der Waals surface area contributed by atoms with Gasteiger partial charge in [0.1, 0.15) is 6.61 Å². The quantitative estimate of drug-likeness (QED) is 0.0587. The van der Waals surface area contributed by atoms with Crippen molar-refractivity contribution in [3.05, 3.63) is 155 Å². The highest BCUT2D eigenvalue weighted by Crippen LogP contribution is 2.24. The third kappa shape index (κ3) is 11.7. The highest BCUT2D eigenvalue weighted by Gasteiger charge is 2.10. The minimum Gasteiger partial charge on any atom is -0.490 e. The highest BCUT2D eigenvalue weighted by atomic mass is 32.2. The van der Waals surface area contributed by atoms with Gasteiger partial charge in [0, 0.05) is 45.2 Å². The van der Waals surface area contributed by atoms with Gasteiger partial charge in [0.05, 0.1) is 25.4 Å². The van der Waals surface area contributed by atoms with Crippen LogP contribution in [-0.2, 0) is 25.7 Å². The molecule has 0 saturated heterocycles. The van der Waals surface area contributed by atoms with Crippen LogP contribution in [0.15, 0.2) is 121 Å². The Morgan fingerprint density at radius 3 is 1.92 bits per heavy atom. The summed E-state index contributed by atoms with van der Waals surface area (Å²) in [5, 5.41) is 8.75. The zero-order valence-corrected chi connectivity index (χ0v) is 27.2. The topological polar surface area (TPSA) is 99.1 Å². The molecule has 0 amide bonds. The zero-order valence-electron chi connectivity index (χ0n) is 26.4. The molecule has 246 valence electrons. The summed E-state index contributed by atoms with van der Waals surface area (Å²) >= 11 is 1.11. The lowest BCUT2D eigenvalue weighted by atomic mass is 10.1. The summed E-state index contributed by atoms with van der Waals surface area (Å²) in [6.07, 6.45) is 1.45. The molecule has 0 heterocycles. The number of halogens is 1. The first-order valence-electron chi connectivity index (χ1n) is 15.0. The molecular formula is C40H31FO7S. The van der Waals surface area contributed by atoms with Crippen LogP contribution in [0.3, 0.4) is 0 Å². The molecule has 49 heavy (non-hydrogen) atoms. The number of esters is 2. The third-order valence-corrected chi connectivity index (χ3v) is 7.51. The average Bonchev–Trinajstić information content (AvgIpc) is 3.13. The number of hydrogen-bond acceptors (Lipinski definition) is 8. The number of rotatable bonds is 12. The lowest BCUT2D eigenvalue weighted by molar-refractivity contribution is -0.140. The van der Waals surface area contributed by atoms with E-state index in [4.69, 9.17) is 19.3 Å². The van der Waals surface area contributed by atoms with Gasteiger partial charge in [-0.1, -0.05) is 49.0 Å². The molecule has 0 unspecified atom stereocenters. The largest absolute Gasteiger partial charge is 0.490 e. The summed E-state index contributed by atoms with van der Waals surface area (Å²) in [5.74, 6) is 10.5. The Hall–Kier alpha value is -5.87. The van der Waals surface area contributed by atoms with Crippen molar-refractivity contribution in [1.29, 1.82) is 0 Å². The fourth-order valence-corrected chi connectivity index (χ4v) is 4.66. The first kappa shape index (κ1) is 36.0. The maximum atomic E-state index is 14.5. The average molecular weight is 675 g/mol. The predicted molar refractivity (Wildman–Crippen MR) is 185 cm³/mol. The SMILES string of the molecule is C=CC(=O)OCc1ccc(SC(=O)c2ccc(C#Cc3ccc(C#Cc4ccc(OCCCOC(=O)C(=C)CO)c(F)c4)cc3)cc2)cc1. The van der Waals surface area contributed by atoms with Crippen LogP contribution in [0.2, 0.25) is 0 Å². The van der Waals surface area contributed by atoms with Gasteiger partial charge in [0.2, 0.25) is 5.12 Å². The number of aliphatic hydroxyl groups excluding tert-OH is 1. The van der Waals surface area contributed by atoms with Gasteiger partial charge in [0.15, 0.2) is 11.6 Å². The Bertz CT molecular complexity index is 1940. The number of thioether (sulfide) groups is 1. The smallest absolute Gasteiger partial charge is 0.335 e. The Morgan fingerprint density at radius 2 is 1.35 bits per heavy atom. The molecule has 1 N–H and O–H groups in total. The number of aliphatic hydroxyl groups is 1. The van der Waals surface area contributed by atoms with Crippen molar-refractivity contribution in [2.75, 3.05) is 19.8 Å². The van der Waals surface area contributed by atoms with E-state index in [0.717, 1.165) is 45.0 Å². The van der Waals surface area contributed by atoms with Crippen LogP contribution in [-0.4, -0.2) is 42.0 Å². The highest BCUT2D eigenvalue weighted by molar-refractivity contribution is 8.14. The molecule has 7 nitrogen and oxygen atoms in total. The van der Waals surface area contributed by atoms with E-state index >= 15 is 0 Å². The summed E-state index contributed by atoms with van der Waals surface area (Å²) in [7, 11) is 0. The number of carbonyl (C=O) groups is 3. The lowest BCUT2D eigenvalue weighted by Gasteiger charge is -2.08. The molecule has 0 aliphatic carbocycles. The van der Waals surface area contributed by atoms with Crippen LogP contribution >= 0.6 is 11.8 Å². The van der Waals surface area contributed by atoms with Crippen molar-refractivity contribution < 1.29 is 38.1 Å². The Balaban J connectivity index is 1.25. The molecule has 0 atom stereocenters. The predicted octanol–water partition coefficient (Wildman–Crippen LogP) is 6.65. The van der Waals surface area contributed by atoms with Crippen LogP contribution < -0.4 is 4.74 Å². The number of benzene rings is 4. The molecule has 0 aromatic heterocycles. The molecule has 4 rings (SSSR count). The van der Waals surface area contributed by atoms with Crippen LogP contribution in [0.5, 0.6) is 5.75 Å². The standard InChI is InChI=1S/C40H31FO7S/c1-3-38(43)48-27-33-15-20-35(21-16-33)49-40(45)34-18-13-31(14-19-34)10-9-29-5-7-30(8-6-29)11-12-32-17-22-37(36(41)25-32)46-23-4-24-47-39(44)28(2)26-42/h3,5-8,13-22,25,42H,1-2,4,23-24,26-27H2. The van der Waals surface area contributed by atoms with Gasteiger partial charge in [-0.05, 0) is 96.2 Å². The van der Waals surface area contributed by atoms with Gasteiger partial charge in [0.25, 0.3) is 0 Å². The van der Waals surface area contributed by atoms with Crippen molar-refractivity contribution in [2.45, 2.75) is 17.9 Å². The van der Waals surface area contributed by atoms with Crippen molar-refractivity contribution in [3.8, 4) is 29.4 Å². The minimum absolute atomic E-state index is 0.0353. The summed E-state index contributed by atoms with van der Waals surface area (Å²) < 4.78 is 29.8. The molecular weight excluding hydrogens is 643 g/mol. The summed E-state index contributed by atoms with van der Waals surface area (Å²) in [5.41, 5.74) is 4.07. The van der Waals surface area contributed by atoms with Crippen molar-refractivity contribution in [3.63, 3.8) is 0 Å². The molecule has 0 aliphatic rings. The normalized spacial score (nSPS) is 10.0. The molecule has 4 aromatic carbocycles. The van der Waals surface area contributed by atoms with Crippen LogP contribution in [0.25, 0.3) is 0 Å². The molecule has 0 spiro atoms. The van der Waals surface area contributed by atoms with Gasteiger partial charge >= 0.3 is 11.9 Å². The Labute approximate surface area is 288 Å². The van der Waals surface area contributed by atoms with E-state index in [1.807, 2.05) is 24.3 Å². The van der Waals surface area contributed by atoms with Crippen molar-refractivity contribution in [1.82, 2.24) is 0 Å². The van der Waals surface area contributed by atoms with Gasteiger partial charge in [-0.25, -0.2) is 14.0 Å². The maximum absolute atomic E-state index is 14.5. The van der Waals surface area contributed by atoms with Crippen molar-refractivity contribution in [2.24, 2.45) is 0 Å². The first-order valence-corrected chi connectivity index (χ1v) is 15.8. The van der Waals surface area contributed by atoms with E-state index in [-0.39, 0.29) is 36.3 Å². The van der Waals surface area contributed by atoms with Gasteiger partial charge in [-0.3, -0.25) is 4.79 Å². The second kappa shape index (κ2) is 18.5. The maximum Gasteiger partial charge on any atom is 0.335 e. The van der Waals surface area contributed by atoms with Gasteiger partial charge in [-0.2, -0.15) is 0 Å². The summed E-state index contributed by atoms with van der Waals surface area (Å²) in [4.78, 5) is 36.2. The molecule has 0 radical (unpaired) electrons. The van der Waals surface area contributed by atoms with E-state index in [1.165, 1.54) is 12.1 Å². The second-order valence-electron chi connectivity index (χ2n) is 10.2. The second-order valence-corrected chi connectivity index (χ2v) is 11.3. The number of carbonyl (C=O) groups excluding carboxylic acids is 3. The monoisotopic (exact) mass is 674 g/mol. The van der Waals surface area contributed by atoms with Crippen molar-refractivity contribution >= 4 is 28.8 Å². The first-order chi connectivity index (χ1) is 23.7. The minimum atomic E-state index is -0.680. The molecule has 0 aliphatic heterocycles. The zero-order chi connectivity index (χ0) is 35.0. The number of hydrogen-bond donors (Lipinski definition) is 1. The number of ether oxygens (including phenoxy) is 3. The Kier molecular flexibility index (Phi) is 13.6. The van der Waals surface area contributed by atoms with Gasteiger partial charge in [-0.15, -0.1) is 0 Å². The van der Waals surface area contributed by atoms with E-state index in [1.54, 1.807) is 54.6 Å². The fraction of sp³-hybridized carbons (Fsp3) is 0.125. The van der Waals surface area contributed by atoms with E-state index in [0.29, 0.717) is 17.5 Å². The van der Waals surface area contributed by atoms with Crippen LogP contribution in [0.4, 0.5) is 4.39 Å². The van der Waals surface area contributed by atoms with Crippen LogP contribution in [0.1, 0.15) is 44.6 Å². The fourth-order valence-electron chi connectivity index (χ4n) is 3.92. The lowest BCUT2D eigenvalue weighted by Crippen LogP contribution is -2.12. The van der Waals surface area contributed by atoms with E-state index < -0.39 is 24.4 Å². The molecule has 9 heteroatoms.